The van der Waals surface area contributed by atoms with E-state index in [1.54, 1.807) is 12.1 Å². The summed E-state index contributed by atoms with van der Waals surface area (Å²) in [6.45, 7) is 2.56. The SMILES string of the molecule is CC1CCc2sc(C(=O)NNC(=O)CCCNC(=O)c3ccco3)cc2C1. The molecule has 144 valence electrons. The number of aryl methyl sites for hydroxylation is 1. The minimum Gasteiger partial charge on any atom is -0.459 e. The fraction of sp³-hybridized carbons (Fsp3) is 0.421. The molecule has 27 heavy (non-hydrogen) atoms. The fourth-order valence-corrected chi connectivity index (χ4v) is 4.12. The minimum atomic E-state index is -0.315. The van der Waals surface area contributed by atoms with Crippen LogP contribution in [0.1, 0.15) is 56.9 Å². The van der Waals surface area contributed by atoms with Crippen LogP contribution in [0, 0.1) is 5.92 Å². The lowest BCUT2D eigenvalue weighted by atomic mass is 9.90. The number of thiophene rings is 1. The molecule has 2 aromatic rings. The predicted octanol–water partition coefficient (Wildman–Crippen LogP) is 2.44. The van der Waals surface area contributed by atoms with E-state index in [1.807, 2.05) is 6.07 Å². The summed E-state index contributed by atoms with van der Waals surface area (Å²) in [5.41, 5.74) is 6.14. The Morgan fingerprint density at radius 1 is 1.26 bits per heavy atom. The number of rotatable bonds is 6. The molecule has 2 aromatic heterocycles. The van der Waals surface area contributed by atoms with E-state index in [-0.39, 0.29) is 29.9 Å². The van der Waals surface area contributed by atoms with Crippen LogP contribution in [0.25, 0.3) is 0 Å². The molecule has 0 aromatic carbocycles. The molecule has 3 amide bonds. The van der Waals surface area contributed by atoms with Crippen molar-refractivity contribution in [2.24, 2.45) is 5.92 Å². The van der Waals surface area contributed by atoms with Crippen LogP contribution >= 0.6 is 11.3 Å². The first-order valence-electron chi connectivity index (χ1n) is 9.05. The Balaban J connectivity index is 1.35. The summed E-state index contributed by atoms with van der Waals surface area (Å²) in [6, 6.07) is 5.14. The quantitative estimate of drug-likeness (QED) is 0.522. The number of hydrazine groups is 1. The van der Waals surface area contributed by atoms with Gasteiger partial charge in [-0.3, -0.25) is 25.2 Å². The molecular formula is C19H23N3O4S. The molecule has 0 bridgehead atoms. The molecule has 7 nitrogen and oxygen atoms in total. The van der Waals surface area contributed by atoms with E-state index in [0.29, 0.717) is 23.8 Å². The molecule has 0 saturated heterocycles. The monoisotopic (exact) mass is 389 g/mol. The second-order valence-electron chi connectivity index (χ2n) is 6.75. The van der Waals surface area contributed by atoms with E-state index in [1.165, 1.54) is 28.0 Å². The van der Waals surface area contributed by atoms with Crippen molar-refractivity contribution < 1.29 is 18.8 Å². The molecule has 0 saturated carbocycles. The number of carbonyl (C=O) groups is 3. The lowest BCUT2D eigenvalue weighted by Crippen LogP contribution is -2.41. The number of hydrogen-bond acceptors (Lipinski definition) is 5. The average Bonchev–Trinajstić information content (AvgIpc) is 3.32. The number of hydrogen-bond donors (Lipinski definition) is 3. The summed E-state index contributed by atoms with van der Waals surface area (Å²) in [4.78, 5) is 37.6. The Morgan fingerprint density at radius 2 is 2.11 bits per heavy atom. The number of fused-ring (bicyclic) bond motifs is 1. The van der Waals surface area contributed by atoms with Gasteiger partial charge in [0.2, 0.25) is 5.91 Å². The van der Waals surface area contributed by atoms with Gasteiger partial charge in [0.1, 0.15) is 0 Å². The molecule has 2 heterocycles. The van der Waals surface area contributed by atoms with E-state index >= 15 is 0 Å². The highest BCUT2D eigenvalue weighted by Crippen LogP contribution is 2.32. The summed E-state index contributed by atoms with van der Waals surface area (Å²) >= 11 is 1.50. The van der Waals surface area contributed by atoms with Gasteiger partial charge in [0.05, 0.1) is 11.1 Å². The molecule has 3 rings (SSSR count). The van der Waals surface area contributed by atoms with Crippen molar-refractivity contribution >= 4 is 29.1 Å². The molecule has 8 heteroatoms. The number of nitrogens with one attached hydrogen (secondary N) is 3. The van der Waals surface area contributed by atoms with Gasteiger partial charge in [-0.2, -0.15) is 0 Å². The van der Waals surface area contributed by atoms with Crippen LogP contribution in [-0.2, 0) is 17.6 Å². The van der Waals surface area contributed by atoms with Crippen molar-refractivity contribution in [2.45, 2.75) is 39.0 Å². The van der Waals surface area contributed by atoms with Crippen LogP contribution in [0.5, 0.6) is 0 Å². The molecule has 0 radical (unpaired) electrons. The van der Waals surface area contributed by atoms with Gasteiger partial charge >= 0.3 is 0 Å². The van der Waals surface area contributed by atoms with Crippen molar-refractivity contribution in [3.63, 3.8) is 0 Å². The minimum absolute atomic E-state index is 0.192. The average molecular weight is 389 g/mol. The van der Waals surface area contributed by atoms with Gasteiger partial charge in [0.25, 0.3) is 11.8 Å². The van der Waals surface area contributed by atoms with Gasteiger partial charge in [0, 0.05) is 17.8 Å². The molecular weight excluding hydrogens is 366 g/mol. The zero-order valence-corrected chi connectivity index (χ0v) is 16.0. The van der Waals surface area contributed by atoms with E-state index in [2.05, 4.69) is 23.1 Å². The zero-order chi connectivity index (χ0) is 19.2. The molecule has 0 fully saturated rings. The topological polar surface area (TPSA) is 100 Å². The molecule has 0 spiro atoms. The summed E-state index contributed by atoms with van der Waals surface area (Å²) < 4.78 is 4.98. The van der Waals surface area contributed by atoms with Crippen LogP contribution < -0.4 is 16.2 Å². The van der Waals surface area contributed by atoms with Crippen molar-refractivity contribution in [3.8, 4) is 0 Å². The summed E-state index contributed by atoms with van der Waals surface area (Å²) in [5.74, 6) is -0.0208. The first kappa shape index (κ1) is 19.2. The molecule has 1 unspecified atom stereocenters. The Morgan fingerprint density at radius 3 is 2.89 bits per heavy atom. The highest BCUT2D eigenvalue weighted by atomic mass is 32.1. The second kappa shape index (κ2) is 8.85. The van der Waals surface area contributed by atoms with Crippen molar-refractivity contribution in [3.05, 3.63) is 45.5 Å². The van der Waals surface area contributed by atoms with Gasteiger partial charge in [-0.25, -0.2) is 0 Å². The molecule has 3 N–H and O–H groups in total. The second-order valence-corrected chi connectivity index (χ2v) is 7.88. The molecule has 1 aliphatic rings. The summed E-state index contributed by atoms with van der Waals surface area (Å²) in [6.07, 6.45) is 5.26. The number of carbonyl (C=O) groups excluding carboxylic acids is 3. The zero-order valence-electron chi connectivity index (χ0n) is 15.2. The third-order valence-electron chi connectivity index (χ3n) is 4.48. The van der Waals surface area contributed by atoms with Gasteiger partial charge in [0.15, 0.2) is 5.76 Å². The number of furan rings is 1. The standard InChI is InChI=1S/C19H23N3O4S/c1-12-6-7-15-13(10-12)11-16(27-15)19(25)22-21-17(23)5-2-8-20-18(24)14-4-3-9-26-14/h3-4,9,11-12H,2,5-8,10H2,1H3,(H,20,24)(H,21,23)(H,22,25). The lowest BCUT2D eigenvalue weighted by molar-refractivity contribution is -0.121. The molecule has 1 atom stereocenters. The normalized spacial score (nSPS) is 15.7. The van der Waals surface area contributed by atoms with E-state index < -0.39 is 0 Å². The fourth-order valence-electron chi connectivity index (χ4n) is 3.01. The van der Waals surface area contributed by atoms with Crippen LogP contribution in [0.4, 0.5) is 0 Å². The van der Waals surface area contributed by atoms with Crippen LogP contribution in [0.15, 0.2) is 28.9 Å². The van der Waals surface area contributed by atoms with Crippen LogP contribution in [0.3, 0.4) is 0 Å². The smallest absolute Gasteiger partial charge is 0.286 e. The van der Waals surface area contributed by atoms with Crippen molar-refractivity contribution in [1.29, 1.82) is 0 Å². The molecule has 1 aliphatic carbocycles. The van der Waals surface area contributed by atoms with E-state index in [0.717, 1.165) is 19.3 Å². The summed E-state index contributed by atoms with van der Waals surface area (Å²) in [7, 11) is 0. The highest BCUT2D eigenvalue weighted by molar-refractivity contribution is 7.14. The van der Waals surface area contributed by atoms with Crippen molar-refractivity contribution in [2.75, 3.05) is 6.54 Å². The Bertz CT molecular complexity index is 813. The Labute approximate surface area is 161 Å². The third kappa shape index (κ3) is 5.19. The first-order chi connectivity index (χ1) is 13.0. The van der Waals surface area contributed by atoms with Crippen molar-refractivity contribution in [1.82, 2.24) is 16.2 Å². The van der Waals surface area contributed by atoms with E-state index in [4.69, 9.17) is 4.42 Å². The Hall–Kier alpha value is -2.61. The Kier molecular flexibility index (Phi) is 6.28. The van der Waals surface area contributed by atoms with Crippen LogP contribution in [-0.4, -0.2) is 24.3 Å². The first-order valence-corrected chi connectivity index (χ1v) is 9.87. The van der Waals surface area contributed by atoms with Gasteiger partial charge < -0.3 is 9.73 Å². The predicted molar refractivity (Wildman–Crippen MR) is 101 cm³/mol. The third-order valence-corrected chi connectivity index (χ3v) is 5.72. The molecule has 0 aliphatic heterocycles. The van der Waals surface area contributed by atoms with Gasteiger partial charge in [-0.05, 0) is 55.4 Å². The number of amides is 3. The maximum absolute atomic E-state index is 12.2. The van der Waals surface area contributed by atoms with Gasteiger partial charge in [-0.15, -0.1) is 11.3 Å². The summed E-state index contributed by atoms with van der Waals surface area (Å²) in [5, 5.41) is 2.66. The van der Waals surface area contributed by atoms with E-state index in [9.17, 15) is 14.4 Å². The van der Waals surface area contributed by atoms with Crippen LogP contribution in [0.2, 0.25) is 0 Å². The maximum Gasteiger partial charge on any atom is 0.286 e. The highest BCUT2D eigenvalue weighted by Gasteiger charge is 2.20. The lowest BCUT2D eigenvalue weighted by Gasteiger charge is -2.16. The largest absolute Gasteiger partial charge is 0.459 e. The van der Waals surface area contributed by atoms with Gasteiger partial charge in [-0.1, -0.05) is 6.92 Å². The maximum atomic E-state index is 12.2.